The summed E-state index contributed by atoms with van der Waals surface area (Å²) in [5, 5.41) is 6.88. The number of anilines is 1. The van der Waals surface area contributed by atoms with Gasteiger partial charge in [0.25, 0.3) is 0 Å². The lowest BCUT2D eigenvalue weighted by atomic mass is 9.96. The summed E-state index contributed by atoms with van der Waals surface area (Å²) in [6, 6.07) is 10.4. The highest BCUT2D eigenvalue weighted by Crippen LogP contribution is 2.32. The van der Waals surface area contributed by atoms with Crippen LogP contribution in [0.4, 0.5) is 5.13 Å². The van der Waals surface area contributed by atoms with Gasteiger partial charge in [-0.05, 0) is 56.6 Å². The summed E-state index contributed by atoms with van der Waals surface area (Å²) in [5.41, 5.74) is 5.49. The molecule has 1 aliphatic heterocycles. The third-order valence-electron chi connectivity index (χ3n) is 5.93. The van der Waals surface area contributed by atoms with Crippen molar-refractivity contribution in [3.05, 3.63) is 65.4 Å². The predicted molar refractivity (Wildman–Crippen MR) is 125 cm³/mol. The quantitative estimate of drug-likeness (QED) is 0.474. The fraction of sp³-hybridized carbons (Fsp3) is 0.292. The number of thiazole rings is 1. The van der Waals surface area contributed by atoms with Crippen molar-refractivity contribution in [2.24, 2.45) is 5.92 Å². The first kappa shape index (κ1) is 19.9. The normalized spacial score (nSPS) is 15.4. The molecule has 7 heteroatoms. The van der Waals surface area contributed by atoms with Crippen LogP contribution in [0.2, 0.25) is 0 Å². The Kier molecular flexibility index (Phi) is 5.53. The minimum absolute atomic E-state index is 0.0354. The number of carbonyl (C=O) groups is 1. The van der Waals surface area contributed by atoms with Gasteiger partial charge in [-0.3, -0.25) is 14.7 Å². The lowest BCUT2D eigenvalue weighted by Crippen LogP contribution is -2.37. The highest BCUT2D eigenvalue weighted by molar-refractivity contribution is 7.14. The van der Waals surface area contributed by atoms with E-state index in [-0.39, 0.29) is 11.8 Å². The van der Waals surface area contributed by atoms with Gasteiger partial charge in [0.1, 0.15) is 0 Å². The molecule has 4 aromatic rings. The highest BCUT2D eigenvalue weighted by Gasteiger charge is 2.25. The Morgan fingerprint density at radius 3 is 2.97 bits per heavy atom. The van der Waals surface area contributed by atoms with Crippen LogP contribution in [0.3, 0.4) is 0 Å². The lowest BCUT2D eigenvalue weighted by molar-refractivity contribution is -0.121. The van der Waals surface area contributed by atoms with Crippen LogP contribution in [0.15, 0.2) is 54.3 Å². The first-order valence-corrected chi connectivity index (χ1v) is 11.5. The van der Waals surface area contributed by atoms with Gasteiger partial charge in [0.2, 0.25) is 5.91 Å². The number of nitrogens with one attached hydrogen (secondary N) is 2. The monoisotopic (exact) mass is 431 g/mol. The first-order chi connectivity index (χ1) is 15.2. The highest BCUT2D eigenvalue weighted by atomic mass is 32.1. The molecule has 0 radical (unpaired) electrons. The number of aromatic nitrogens is 3. The number of hydrogen-bond acceptors (Lipinski definition) is 5. The van der Waals surface area contributed by atoms with Crippen LogP contribution in [0, 0.1) is 12.8 Å². The summed E-state index contributed by atoms with van der Waals surface area (Å²) in [6.07, 6.45) is 7.43. The van der Waals surface area contributed by atoms with Gasteiger partial charge >= 0.3 is 0 Å². The van der Waals surface area contributed by atoms with Gasteiger partial charge in [0.15, 0.2) is 5.13 Å². The second-order valence-electron chi connectivity index (χ2n) is 8.19. The second kappa shape index (κ2) is 8.61. The van der Waals surface area contributed by atoms with Crippen LogP contribution in [0.5, 0.6) is 0 Å². The molecule has 1 saturated heterocycles. The summed E-state index contributed by atoms with van der Waals surface area (Å²) in [7, 11) is 0. The molecule has 6 nitrogen and oxygen atoms in total. The minimum Gasteiger partial charge on any atom is -0.360 e. The summed E-state index contributed by atoms with van der Waals surface area (Å²) in [4.78, 5) is 27.4. The van der Waals surface area contributed by atoms with E-state index in [1.807, 2.05) is 23.8 Å². The van der Waals surface area contributed by atoms with Gasteiger partial charge in [-0.2, -0.15) is 0 Å². The van der Waals surface area contributed by atoms with Crippen LogP contribution in [-0.2, 0) is 11.3 Å². The second-order valence-corrected chi connectivity index (χ2v) is 9.05. The maximum Gasteiger partial charge on any atom is 0.229 e. The van der Waals surface area contributed by atoms with E-state index in [2.05, 4.69) is 56.4 Å². The fourth-order valence-corrected chi connectivity index (χ4v) is 4.93. The van der Waals surface area contributed by atoms with E-state index in [9.17, 15) is 4.79 Å². The summed E-state index contributed by atoms with van der Waals surface area (Å²) < 4.78 is 0. The van der Waals surface area contributed by atoms with Crippen molar-refractivity contribution in [2.75, 3.05) is 18.4 Å². The number of aryl methyl sites for hydroxylation is 1. The Balaban J connectivity index is 1.20. The molecule has 1 amide bonds. The van der Waals surface area contributed by atoms with Gasteiger partial charge < -0.3 is 10.3 Å². The number of carbonyl (C=O) groups excluding carboxylic acids is 1. The number of fused-ring (bicyclic) bond motifs is 1. The topological polar surface area (TPSA) is 73.9 Å². The molecule has 1 aromatic carbocycles. The molecule has 0 spiro atoms. The molecule has 1 aliphatic rings. The van der Waals surface area contributed by atoms with E-state index in [4.69, 9.17) is 0 Å². The summed E-state index contributed by atoms with van der Waals surface area (Å²) >= 11 is 1.48. The van der Waals surface area contributed by atoms with E-state index in [0.29, 0.717) is 5.13 Å². The smallest absolute Gasteiger partial charge is 0.229 e. The van der Waals surface area contributed by atoms with E-state index in [1.165, 1.54) is 22.5 Å². The molecule has 5 rings (SSSR count). The molecular formula is C24H25N5OS. The van der Waals surface area contributed by atoms with Crippen molar-refractivity contribution in [1.82, 2.24) is 19.9 Å². The standard InChI is InChI=1S/C24H25N5OS/c1-16-4-5-21-19(11-16)20(13-26-21)22-15-31-24(27-22)28-23(30)18-6-9-29(10-7-18)14-17-3-2-8-25-12-17/h2-5,8,11-13,15,18,26H,6-7,9-10,14H2,1H3,(H,27,28,30). The van der Waals surface area contributed by atoms with Gasteiger partial charge in [-0.25, -0.2) is 4.98 Å². The lowest BCUT2D eigenvalue weighted by Gasteiger charge is -2.31. The van der Waals surface area contributed by atoms with E-state index < -0.39 is 0 Å². The molecular weight excluding hydrogens is 406 g/mol. The number of piperidine rings is 1. The van der Waals surface area contributed by atoms with Gasteiger partial charge in [-0.1, -0.05) is 17.7 Å². The molecule has 31 heavy (non-hydrogen) atoms. The number of pyridine rings is 1. The van der Waals surface area contributed by atoms with Crippen molar-refractivity contribution in [3.8, 4) is 11.3 Å². The molecule has 0 aliphatic carbocycles. The third-order valence-corrected chi connectivity index (χ3v) is 6.69. The number of amides is 1. The fourth-order valence-electron chi connectivity index (χ4n) is 4.21. The summed E-state index contributed by atoms with van der Waals surface area (Å²) in [6.45, 7) is 4.82. The van der Waals surface area contributed by atoms with Crippen molar-refractivity contribution >= 4 is 33.3 Å². The van der Waals surface area contributed by atoms with Crippen molar-refractivity contribution in [2.45, 2.75) is 26.3 Å². The molecule has 0 bridgehead atoms. The Hall–Kier alpha value is -3.03. The largest absolute Gasteiger partial charge is 0.360 e. The summed E-state index contributed by atoms with van der Waals surface area (Å²) in [5.74, 6) is 0.116. The predicted octanol–water partition coefficient (Wildman–Crippen LogP) is 4.85. The number of rotatable bonds is 5. The minimum atomic E-state index is 0.0354. The molecule has 3 aromatic heterocycles. The Morgan fingerprint density at radius 2 is 2.16 bits per heavy atom. The van der Waals surface area contributed by atoms with E-state index >= 15 is 0 Å². The van der Waals surface area contributed by atoms with Crippen molar-refractivity contribution in [1.29, 1.82) is 0 Å². The maximum atomic E-state index is 12.8. The number of aromatic amines is 1. The van der Waals surface area contributed by atoms with Crippen LogP contribution in [-0.4, -0.2) is 38.8 Å². The van der Waals surface area contributed by atoms with Crippen LogP contribution in [0.25, 0.3) is 22.2 Å². The number of hydrogen-bond donors (Lipinski definition) is 2. The Labute approximate surface area is 185 Å². The number of benzene rings is 1. The van der Waals surface area contributed by atoms with E-state index in [0.717, 1.165) is 54.6 Å². The van der Waals surface area contributed by atoms with Crippen LogP contribution < -0.4 is 5.32 Å². The molecule has 0 unspecified atom stereocenters. The van der Waals surface area contributed by atoms with Gasteiger partial charge in [-0.15, -0.1) is 11.3 Å². The number of nitrogens with zero attached hydrogens (tertiary/aromatic N) is 3. The SMILES string of the molecule is Cc1ccc2[nH]cc(-c3csc(NC(=O)C4CCN(Cc5cccnc5)CC4)n3)c2c1. The molecule has 4 heterocycles. The number of H-pyrrole nitrogens is 1. The third kappa shape index (κ3) is 4.38. The molecule has 0 saturated carbocycles. The van der Waals surface area contributed by atoms with Crippen molar-refractivity contribution < 1.29 is 4.79 Å². The zero-order valence-electron chi connectivity index (χ0n) is 17.5. The van der Waals surface area contributed by atoms with E-state index in [1.54, 1.807) is 6.20 Å². The van der Waals surface area contributed by atoms with Gasteiger partial charge in [0.05, 0.1) is 5.69 Å². The molecule has 2 N–H and O–H groups in total. The zero-order chi connectivity index (χ0) is 21.2. The molecule has 0 atom stereocenters. The zero-order valence-corrected chi connectivity index (χ0v) is 18.3. The number of likely N-dealkylation sites (tertiary alicyclic amines) is 1. The Bertz CT molecular complexity index is 1190. The molecule has 1 fully saturated rings. The average molecular weight is 432 g/mol. The van der Waals surface area contributed by atoms with Crippen LogP contribution in [0.1, 0.15) is 24.0 Å². The maximum absolute atomic E-state index is 12.8. The van der Waals surface area contributed by atoms with Crippen LogP contribution >= 0.6 is 11.3 Å². The average Bonchev–Trinajstić information content (AvgIpc) is 3.41. The first-order valence-electron chi connectivity index (χ1n) is 10.6. The van der Waals surface area contributed by atoms with Crippen molar-refractivity contribution in [3.63, 3.8) is 0 Å². The molecule has 158 valence electrons. The Morgan fingerprint density at radius 1 is 1.29 bits per heavy atom. The van der Waals surface area contributed by atoms with Gasteiger partial charge in [0, 0.05) is 52.9 Å².